The Kier molecular flexibility index (Phi) is 5.52. The number of halogens is 1. The second-order valence-electron chi connectivity index (χ2n) is 6.45. The molecule has 3 atom stereocenters. The molecule has 1 aromatic carbocycles. The fourth-order valence-electron chi connectivity index (χ4n) is 3.40. The van der Waals surface area contributed by atoms with Gasteiger partial charge in [0.25, 0.3) is 0 Å². The van der Waals surface area contributed by atoms with Gasteiger partial charge in [-0.15, -0.1) is 0 Å². The monoisotopic (exact) mass is 354 g/mol. The van der Waals surface area contributed by atoms with Crippen molar-refractivity contribution < 1.29 is 19.8 Å². The summed E-state index contributed by atoms with van der Waals surface area (Å²) < 4.78 is 0. The maximum atomic E-state index is 12.8. The third kappa shape index (κ3) is 3.14. The Hall–Kier alpha value is -1.63. The molecule has 1 fully saturated rings. The lowest BCUT2D eigenvalue weighted by atomic mass is 9.89. The highest BCUT2D eigenvalue weighted by atomic mass is 35.5. The van der Waals surface area contributed by atoms with E-state index in [-0.39, 0.29) is 25.5 Å². The maximum absolute atomic E-state index is 12.8. The van der Waals surface area contributed by atoms with Crippen LogP contribution in [-0.2, 0) is 9.59 Å². The van der Waals surface area contributed by atoms with Crippen molar-refractivity contribution >= 4 is 23.5 Å². The Morgan fingerprint density at radius 2 is 2.04 bits per heavy atom. The van der Waals surface area contributed by atoms with Gasteiger partial charge in [0.1, 0.15) is 5.54 Å². The van der Waals surface area contributed by atoms with Crippen molar-refractivity contribution in [2.75, 3.05) is 27.2 Å². The topological polar surface area (TPSA) is 81.1 Å². The number of likely N-dealkylation sites (N-methyl/N-ethyl adjacent to an activating group) is 2. The lowest BCUT2D eigenvalue weighted by Crippen LogP contribution is -2.46. The summed E-state index contributed by atoms with van der Waals surface area (Å²) in [6.07, 6.45) is 0.184. The fourth-order valence-corrected chi connectivity index (χ4v) is 3.65. The second kappa shape index (κ2) is 7.09. The number of nitrogens with zero attached hydrogens (tertiary/aromatic N) is 2. The van der Waals surface area contributed by atoms with Crippen LogP contribution in [-0.4, -0.2) is 64.7 Å². The summed E-state index contributed by atoms with van der Waals surface area (Å²) in [6, 6.07) is 6.74. The van der Waals surface area contributed by atoms with Crippen molar-refractivity contribution in [1.82, 2.24) is 9.80 Å². The molecule has 1 aliphatic rings. The molecule has 132 valence electrons. The minimum absolute atomic E-state index is 0.141. The number of aliphatic hydroxyl groups excluding tert-OH is 1. The molecular weight excluding hydrogens is 332 g/mol. The van der Waals surface area contributed by atoms with Gasteiger partial charge in [0.05, 0.1) is 12.5 Å². The normalized spacial score (nSPS) is 27.2. The van der Waals surface area contributed by atoms with Crippen LogP contribution in [0.4, 0.5) is 0 Å². The summed E-state index contributed by atoms with van der Waals surface area (Å²) in [7, 11) is 3.32. The molecule has 0 saturated carbocycles. The van der Waals surface area contributed by atoms with E-state index in [9.17, 15) is 14.7 Å². The number of carboxylic acids is 1. The van der Waals surface area contributed by atoms with Crippen molar-refractivity contribution in [2.45, 2.75) is 24.9 Å². The Morgan fingerprint density at radius 1 is 1.42 bits per heavy atom. The van der Waals surface area contributed by atoms with Gasteiger partial charge in [0.15, 0.2) is 0 Å². The zero-order valence-corrected chi connectivity index (χ0v) is 14.8. The minimum atomic E-state index is -1.16. The highest BCUT2D eigenvalue weighted by Crippen LogP contribution is 2.47. The van der Waals surface area contributed by atoms with E-state index < -0.39 is 23.5 Å². The third-order valence-electron chi connectivity index (χ3n) is 5.01. The van der Waals surface area contributed by atoms with E-state index in [1.807, 2.05) is 12.1 Å². The molecule has 1 aromatic rings. The molecule has 6 nitrogen and oxygen atoms in total. The van der Waals surface area contributed by atoms with Crippen molar-refractivity contribution in [1.29, 1.82) is 0 Å². The number of amides is 1. The molecular formula is C17H23ClN2O4. The number of carboxylic acid groups (broad SMARTS) is 1. The maximum Gasteiger partial charge on any atom is 0.323 e. The predicted octanol–water partition coefficient (Wildman–Crippen LogP) is 1.63. The molecule has 1 amide bonds. The standard InChI is InChI=1S/C17H23ClN2O4/c1-17(16(23)24)10-12(15(22)19(2)8-9-21)14(20(17)3)11-6-4-5-7-13(11)18/h4-7,12,14,21H,8-10H2,1-3H3,(H,23,24)/t12-,14-,17-/m1/s1. The Labute approximate surface area is 146 Å². The molecule has 2 N–H and O–H groups in total. The molecule has 7 heteroatoms. The molecule has 1 saturated heterocycles. The molecule has 0 aromatic heterocycles. The average molecular weight is 355 g/mol. The molecule has 0 aliphatic carbocycles. The summed E-state index contributed by atoms with van der Waals surface area (Å²) >= 11 is 6.31. The van der Waals surface area contributed by atoms with E-state index >= 15 is 0 Å². The number of carbonyl (C=O) groups is 2. The zero-order chi connectivity index (χ0) is 18.1. The van der Waals surface area contributed by atoms with E-state index in [4.69, 9.17) is 16.7 Å². The number of aliphatic carboxylic acids is 1. The van der Waals surface area contributed by atoms with Gasteiger partial charge < -0.3 is 15.1 Å². The highest BCUT2D eigenvalue weighted by molar-refractivity contribution is 6.31. The van der Waals surface area contributed by atoms with Gasteiger partial charge in [-0.2, -0.15) is 0 Å². The number of carbonyl (C=O) groups excluding carboxylic acids is 1. The quantitative estimate of drug-likeness (QED) is 0.840. The zero-order valence-electron chi connectivity index (χ0n) is 14.1. The van der Waals surface area contributed by atoms with Crippen LogP contribution in [0.2, 0.25) is 5.02 Å². The first-order valence-electron chi connectivity index (χ1n) is 7.80. The van der Waals surface area contributed by atoms with Crippen molar-refractivity contribution in [3.05, 3.63) is 34.9 Å². The van der Waals surface area contributed by atoms with Crippen LogP contribution in [0.5, 0.6) is 0 Å². The Morgan fingerprint density at radius 3 is 2.58 bits per heavy atom. The van der Waals surface area contributed by atoms with Crippen LogP contribution in [0, 0.1) is 5.92 Å². The van der Waals surface area contributed by atoms with Gasteiger partial charge in [0, 0.05) is 24.7 Å². The van der Waals surface area contributed by atoms with Crippen LogP contribution in [0.3, 0.4) is 0 Å². The third-order valence-corrected chi connectivity index (χ3v) is 5.35. The number of aliphatic hydroxyl groups is 1. The molecule has 0 radical (unpaired) electrons. The van der Waals surface area contributed by atoms with Crippen LogP contribution in [0.15, 0.2) is 24.3 Å². The van der Waals surface area contributed by atoms with Gasteiger partial charge in [0.2, 0.25) is 5.91 Å². The highest BCUT2D eigenvalue weighted by Gasteiger charge is 2.55. The number of rotatable bonds is 5. The molecule has 0 bridgehead atoms. The summed E-state index contributed by atoms with van der Waals surface area (Å²) in [6.45, 7) is 1.69. The van der Waals surface area contributed by atoms with Crippen LogP contribution >= 0.6 is 11.6 Å². The summed E-state index contributed by atoms with van der Waals surface area (Å²) in [5, 5.41) is 19.3. The van der Waals surface area contributed by atoms with Gasteiger partial charge in [-0.25, -0.2) is 0 Å². The van der Waals surface area contributed by atoms with Gasteiger partial charge in [-0.05, 0) is 32.0 Å². The first kappa shape index (κ1) is 18.7. The van der Waals surface area contributed by atoms with Gasteiger partial charge in [-0.3, -0.25) is 14.5 Å². The van der Waals surface area contributed by atoms with Crippen molar-refractivity contribution in [2.24, 2.45) is 5.92 Å². The number of likely N-dealkylation sites (tertiary alicyclic amines) is 1. The van der Waals surface area contributed by atoms with Crippen LogP contribution < -0.4 is 0 Å². The summed E-state index contributed by atoms with van der Waals surface area (Å²) in [5.74, 6) is -1.71. The molecule has 1 heterocycles. The van der Waals surface area contributed by atoms with Gasteiger partial charge >= 0.3 is 5.97 Å². The van der Waals surface area contributed by atoms with E-state index in [0.717, 1.165) is 5.56 Å². The first-order chi connectivity index (χ1) is 11.2. The lowest BCUT2D eigenvalue weighted by Gasteiger charge is -2.32. The van der Waals surface area contributed by atoms with E-state index in [0.29, 0.717) is 5.02 Å². The molecule has 24 heavy (non-hydrogen) atoms. The molecule has 0 spiro atoms. The number of benzene rings is 1. The average Bonchev–Trinajstić information content (AvgIpc) is 2.81. The smallest absolute Gasteiger partial charge is 0.323 e. The van der Waals surface area contributed by atoms with E-state index in [2.05, 4.69) is 0 Å². The molecule has 1 aliphatic heterocycles. The number of hydrogen-bond acceptors (Lipinski definition) is 4. The van der Waals surface area contributed by atoms with E-state index in [1.165, 1.54) is 4.90 Å². The Bertz CT molecular complexity index is 639. The van der Waals surface area contributed by atoms with Crippen molar-refractivity contribution in [3.8, 4) is 0 Å². The number of hydrogen-bond donors (Lipinski definition) is 2. The molecule has 0 unspecified atom stereocenters. The van der Waals surface area contributed by atoms with E-state index in [1.54, 1.807) is 38.1 Å². The van der Waals surface area contributed by atoms with Gasteiger partial charge in [-0.1, -0.05) is 29.8 Å². The van der Waals surface area contributed by atoms with Crippen molar-refractivity contribution in [3.63, 3.8) is 0 Å². The SMILES string of the molecule is CN(CCO)C(=O)[C@@H]1C[C@](C)(C(=O)O)N(C)[C@@H]1c1ccccc1Cl. The predicted molar refractivity (Wildman–Crippen MR) is 90.8 cm³/mol. The first-order valence-corrected chi connectivity index (χ1v) is 8.18. The Balaban J connectivity index is 2.48. The second-order valence-corrected chi connectivity index (χ2v) is 6.86. The summed E-state index contributed by atoms with van der Waals surface area (Å²) in [4.78, 5) is 27.8. The summed E-state index contributed by atoms with van der Waals surface area (Å²) in [5.41, 5.74) is -0.424. The van der Waals surface area contributed by atoms with Crippen LogP contribution in [0.1, 0.15) is 24.9 Å². The fraction of sp³-hybridized carbons (Fsp3) is 0.529. The minimum Gasteiger partial charge on any atom is -0.480 e. The largest absolute Gasteiger partial charge is 0.480 e. The molecule has 2 rings (SSSR count). The lowest BCUT2D eigenvalue weighted by molar-refractivity contribution is -0.148. The van der Waals surface area contributed by atoms with Crippen LogP contribution in [0.25, 0.3) is 0 Å².